The van der Waals surface area contributed by atoms with Crippen molar-refractivity contribution in [1.29, 1.82) is 0 Å². The zero-order valence-electron chi connectivity index (χ0n) is 22.0. The van der Waals surface area contributed by atoms with Crippen molar-refractivity contribution in [3.63, 3.8) is 0 Å². The average molecular weight is 578 g/mol. The van der Waals surface area contributed by atoms with Gasteiger partial charge in [0.1, 0.15) is 5.69 Å². The Bertz CT molecular complexity index is 1860. The van der Waals surface area contributed by atoms with Crippen molar-refractivity contribution in [2.24, 2.45) is 10.2 Å². The van der Waals surface area contributed by atoms with E-state index in [4.69, 9.17) is 9.47 Å². The van der Waals surface area contributed by atoms with Gasteiger partial charge in [0.15, 0.2) is 22.9 Å². The molecular weight excluding hydrogens is 555 g/mol. The number of hydrogen-bond acceptors (Lipinski definition) is 7. The molecule has 0 spiro atoms. The van der Waals surface area contributed by atoms with Crippen molar-refractivity contribution in [3.8, 4) is 39.9 Å². The Balaban J connectivity index is 1.66. The van der Waals surface area contributed by atoms with Crippen molar-refractivity contribution < 1.29 is 42.8 Å². The summed E-state index contributed by atoms with van der Waals surface area (Å²) < 4.78 is 52.6. The molecule has 12 heteroatoms. The molecular formula is C30H22F3N3O6. The number of carbonyl (C=O) groups is 1. The molecule has 5 rings (SSSR count). The smallest absolute Gasteiger partial charge is 0.416 e. The number of rotatable bonds is 7. The predicted molar refractivity (Wildman–Crippen MR) is 148 cm³/mol. The van der Waals surface area contributed by atoms with Crippen LogP contribution in [-0.2, 0) is 6.18 Å². The van der Waals surface area contributed by atoms with Crippen molar-refractivity contribution in [2.75, 3.05) is 14.2 Å². The molecule has 9 nitrogen and oxygen atoms in total. The molecule has 1 heterocycles. The highest BCUT2D eigenvalue weighted by atomic mass is 19.4. The zero-order chi connectivity index (χ0) is 30.2. The Morgan fingerprint density at radius 2 is 1.60 bits per heavy atom. The van der Waals surface area contributed by atoms with Crippen LogP contribution in [0.4, 0.5) is 24.5 Å². The first-order valence-electron chi connectivity index (χ1n) is 12.3. The van der Waals surface area contributed by atoms with Gasteiger partial charge in [-0.1, -0.05) is 24.3 Å². The Morgan fingerprint density at radius 3 is 2.29 bits per heavy atom. The summed E-state index contributed by atoms with van der Waals surface area (Å²) >= 11 is 0. The fourth-order valence-corrected chi connectivity index (χ4v) is 4.53. The third-order valence-electron chi connectivity index (χ3n) is 6.56. The summed E-state index contributed by atoms with van der Waals surface area (Å²) in [6.07, 6.45) is -4.65. The van der Waals surface area contributed by atoms with Gasteiger partial charge in [-0.05, 0) is 54.1 Å². The molecule has 5 aromatic rings. The van der Waals surface area contributed by atoms with Crippen LogP contribution in [0.3, 0.4) is 0 Å². The maximum atomic E-state index is 13.6. The number of azo groups is 1. The largest absolute Gasteiger partial charge is 0.505 e. The molecule has 0 unspecified atom stereocenters. The van der Waals surface area contributed by atoms with Gasteiger partial charge in [-0.25, -0.2) is 4.79 Å². The number of methoxy groups -OCH3 is 2. The number of ether oxygens (including phenoxy) is 2. The minimum atomic E-state index is -4.65. The van der Waals surface area contributed by atoms with E-state index in [1.54, 1.807) is 18.2 Å². The average Bonchev–Trinajstić information content (AvgIpc) is 3.25. The molecule has 214 valence electrons. The van der Waals surface area contributed by atoms with E-state index in [0.717, 1.165) is 12.1 Å². The molecule has 42 heavy (non-hydrogen) atoms. The van der Waals surface area contributed by atoms with E-state index < -0.39 is 23.6 Å². The number of carboxylic acid groups (broad SMARTS) is 1. The van der Waals surface area contributed by atoms with E-state index in [1.807, 2.05) is 0 Å². The van der Waals surface area contributed by atoms with Crippen molar-refractivity contribution >= 4 is 28.2 Å². The van der Waals surface area contributed by atoms with Gasteiger partial charge in [0.05, 0.1) is 36.6 Å². The third-order valence-corrected chi connectivity index (χ3v) is 6.56. The summed E-state index contributed by atoms with van der Waals surface area (Å²) in [7, 11) is 2.83. The van der Waals surface area contributed by atoms with Gasteiger partial charge in [0, 0.05) is 17.0 Å². The van der Waals surface area contributed by atoms with Gasteiger partial charge in [-0.15, -0.1) is 10.2 Å². The summed E-state index contributed by atoms with van der Waals surface area (Å²) in [4.78, 5) is 11.4. The molecule has 0 aliphatic heterocycles. The lowest BCUT2D eigenvalue weighted by Gasteiger charge is -2.13. The number of alkyl halides is 3. The molecule has 0 fully saturated rings. The third kappa shape index (κ3) is 5.05. The van der Waals surface area contributed by atoms with E-state index in [0.29, 0.717) is 11.3 Å². The molecule has 4 aromatic carbocycles. The summed E-state index contributed by atoms with van der Waals surface area (Å²) in [5, 5.41) is 39.9. The first-order valence-corrected chi connectivity index (χ1v) is 12.3. The minimum Gasteiger partial charge on any atom is -0.505 e. The second-order valence-electron chi connectivity index (χ2n) is 9.04. The molecule has 3 N–H and O–H groups in total. The number of hydrogen-bond donors (Lipinski definition) is 3. The van der Waals surface area contributed by atoms with E-state index in [1.165, 1.54) is 67.3 Å². The van der Waals surface area contributed by atoms with Crippen LogP contribution in [0, 0.1) is 0 Å². The summed E-state index contributed by atoms with van der Waals surface area (Å²) in [6.45, 7) is 0. The fraction of sp³-hybridized carbons (Fsp3) is 0.100. The highest BCUT2D eigenvalue weighted by Gasteiger charge is 2.32. The van der Waals surface area contributed by atoms with E-state index in [2.05, 4.69) is 10.2 Å². The Hall–Kier alpha value is -5.52. The number of benzene rings is 4. The molecule has 0 radical (unpaired) electrons. The predicted octanol–water partition coefficient (Wildman–Crippen LogP) is 7.86. The maximum Gasteiger partial charge on any atom is 0.416 e. The van der Waals surface area contributed by atoms with Crippen LogP contribution in [0.15, 0.2) is 89.1 Å². The van der Waals surface area contributed by atoms with Crippen LogP contribution in [0.1, 0.15) is 15.9 Å². The Morgan fingerprint density at radius 1 is 0.857 bits per heavy atom. The second-order valence-corrected chi connectivity index (χ2v) is 9.04. The molecule has 0 saturated heterocycles. The maximum absolute atomic E-state index is 13.6. The molecule has 0 aliphatic carbocycles. The number of aromatic hydroxyl groups is 2. The molecule has 0 atom stereocenters. The number of para-hydroxylation sites is 1. The quantitative estimate of drug-likeness (QED) is 0.169. The molecule has 0 bridgehead atoms. The molecule has 1 aromatic heterocycles. The van der Waals surface area contributed by atoms with E-state index in [-0.39, 0.29) is 50.6 Å². The van der Waals surface area contributed by atoms with Gasteiger partial charge in [-0.3, -0.25) is 4.57 Å². The topological polar surface area (TPSA) is 126 Å². The number of phenols is 1. The van der Waals surface area contributed by atoms with Crippen LogP contribution in [-0.4, -0.2) is 40.1 Å². The lowest BCUT2D eigenvalue weighted by atomic mass is 10.0. The number of aromatic carboxylic acids is 1. The van der Waals surface area contributed by atoms with Crippen LogP contribution in [0.5, 0.6) is 23.1 Å². The van der Waals surface area contributed by atoms with Crippen LogP contribution in [0.2, 0.25) is 0 Å². The number of nitrogens with zero attached hydrogens (tertiary/aromatic N) is 3. The number of carboxylic acids is 1. The summed E-state index contributed by atoms with van der Waals surface area (Å²) in [6, 6.07) is 18.0. The fourth-order valence-electron chi connectivity index (χ4n) is 4.53. The van der Waals surface area contributed by atoms with Gasteiger partial charge in [0.2, 0.25) is 5.88 Å². The number of halogens is 3. The lowest BCUT2D eigenvalue weighted by molar-refractivity contribution is -0.137. The van der Waals surface area contributed by atoms with Crippen molar-refractivity contribution in [2.45, 2.75) is 6.18 Å². The van der Waals surface area contributed by atoms with Gasteiger partial charge >= 0.3 is 12.1 Å². The highest BCUT2D eigenvalue weighted by molar-refractivity contribution is 5.97. The first kappa shape index (κ1) is 28.0. The van der Waals surface area contributed by atoms with E-state index >= 15 is 0 Å². The van der Waals surface area contributed by atoms with Crippen LogP contribution >= 0.6 is 0 Å². The van der Waals surface area contributed by atoms with Crippen LogP contribution in [0.25, 0.3) is 27.7 Å². The Labute approximate surface area is 236 Å². The van der Waals surface area contributed by atoms with Gasteiger partial charge in [0.25, 0.3) is 0 Å². The number of fused-ring (bicyclic) bond motifs is 1. The lowest BCUT2D eigenvalue weighted by Crippen LogP contribution is -2.05. The second kappa shape index (κ2) is 10.8. The summed E-state index contributed by atoms with van der Waals surface area (Å²) in [5.74, 6) is -1.31. The SMILES string of the molecule is COc1ccc(-n2c(O)c(N=Nc3cccc(-c4cccc(C(=O)O)c4)c3O)c3ccc(C(F)(F)F)cc32)cc1OC. The molecule has 0 aliphatic rings. The molecule has 0 amide bonds. The number of phenolic OH excluding ortho intramolecular Hbond substituents is 1. The normalized spacial score (nSPS) is 11.7. The van der Waals surface area contributed by atoms with Crippen molar-refractivity contribution in [3.05, 3.63) is 90.0 Å². The van der Waals surface area contributed by atoms with Gasteiger partial charge in [-0.2, -0.15) is 13.2 Å². The van der Waals surface area contributed by atoms with Crippen LogP contribution < -0.4 is 9.47 Å². The zero-order valence-corrected chi connectivity index (χ0v) is 22.0. The Kier molecular flexibility index (Phi) is 7.21. The van der Waals surface area contributed by atoms with E-state index in [9.17, 15) is 33.3 Å². The number of aromatic nitrogens is 1. The first-order chi connectivity index (χ1) is 20.0. The molecule has 0 saturated carbocycles. The highest BCUT2D eigenvalue weighted by Crippen LogP contribution is 2.45. The van der Waals surface area contributed by atoms with Crippen molar-refractivity contribution in [1.82, 2.24) is 4.57 Å². The standard InChI is InChI=1S/C30H22F3N3O6/c1-41-24-12-10-19(15-25(24)42-2)36-23-14-18(30(31,32)33)9-11-21(23)26(28(36)38)35-34-22-8-4-7-20(27(22)37)16-5-3-6-17(13-16)29(39)40/h3-15,37-38H,1-2H3,(H,39,40). The minimum absolute atomic E-state index is 0.00745. The monoisotopic (exact) mass is 577 g/mol. The van der Waals surface area contributed by atoms with Gasteiger partial charge < -0.3 is 24.8 Å². The summed E-state index contributed by atoms with van der Waals surface area (Å²) in [5.41, 5.74) is -0.140.